The van der Waals surface area contributed by atoms with Crippen LogP contribution in [0, 0.1) is 17.8 Å². The second-order valence-electron chi connectivity index (χ2n) is 24.0. The molecular formula is C59H72F2N9O13PS2. The molecule has 3 saturated heterocycles. The highest BCUT2D eigenvalue weighted by molar-refractivity contribution is 7.52. The van der Waals surface area contributed by atoms with Crippen LogP contribution < -0.4 is 21.3 Å². The first-order valence-electron chi connectivity index (χ1n) is 28.0. The number of nitrogens with zero attached hydrogens (tertiary/aromatic N) is 5. The smallest absolute Gasteiger partial charge is 0.391 e. The van der Waals surface area contributed by atoms with E-state index in [4.69, 9.17) is 4.74 Å². The number of fused-ring (bicyclic) bond motifs is 1. The first-order chi connectivity index (χ1) is 40.3. The van der Waals surface area contributed by atoms with Crippen LogP contribution >= 0.6 is 30.3 Å². The van der Waals surface area contributed by atoms with Gasteiger partial charge < -0.3 is 60.5 Å². The van der Waals surface area contributed by atoms with Gasteiger partial charge in [0.05, 0.1) is 59.3 Å². The van der Waals surface area contributed by atoms with Gasteiger partial charge in [-0.05, 0) is 65.0 Å². The quantitative estimate of drug-likeness (QED) is 0.0464. The Balaban J connectivity index is 0.919. The van der Waals surface area contributed by atoms with Crippen molar-refractivity contribution in [2.75, 3.05) is 52.4 Å². The zero-order valence-corrected chi connectivity index (χ0v) is 51.4. The van der Waals surface area contributed by atoms with Gasteiger partial charge in [-0.15, -0.1) is 22.7 Å². The van der Waals surface area contributed by atoms with Crippen molar-refractivity contribution < 1.29 is 71.3 Å². The Kier molecular flexibility index (Phi) is 19.7. The number of carbonyl (C=O) groups is 8. The van der Waals surface area contributed by atoms with E-state index in [0.29, 0.717) is 4.70 Å². The van der Waals surface area contributed by atoms with Gasteiger partial charge in [0.15, 0.2) is 0 Å². The van der Waals surface area contributed by atoms with E-state index in [1.807, 2.05) is 68.4 Å². The van der Waals surface area contributed by atoms with E-state index in [9.17, 15) is 66.6 Å². The molecule has 86 heavy (non-hydrogen) atoms. The standard InChI is InChI=1S/C59H72F2N9O13PS2/c1-33(35-14-16-37(17-15-35)49-34(2)63-32-85-49)64-52(75)41-26-40(71)29-70(41)56(79)50(57(3,4)5)65-47(73)28-62-46(72)27-48(74)67-20-21-69(42(30-67)54(77)68-22-23-83-43(31-68)36-12-10-9-11-13-36)55(78)51(58(6,7)8)66-53(76)45-25-38-24-39(18-19-44(38)86-45)59(60,61)84(80,81)82/h9-19,24-25,32-33,40-43,50-51,71H,20-23,26-31H2,1-8H3,(H,62,72)(H,64,75)(H,65,73)(H,66,76)(H2,80,81,82)/t33?,40-,41+,42+,43+,50?,51?/m1/s1. The van der Waals surface area contributed by atoms with Gasteiger partial charge in [0.25, 0.3) is 5.91 Å². The van der Waals surface area contributed by atoms with Crippen LogP contribution in [0.25, 0.3) is 20.5 Å². The van der Waals surface area contributed by atoms with Crippen molar-refractivity contribution in [3.05, 3.63) is 112 Å². The van der Waals surface area contributed by atoms with Crippen LogP contribution in [0.4, 0.5) is 8.78 Å². The highest BCUT2D eigenvalue weighted by atomic mass is 32.1. The Labute approximate surface area is 504 Å². The summed E-state index contributed by atoms with van der Waals surface area (Å²) in [5.41, 5.74) is -2.13. The number of alkyl halides is 2. The highest BCUT2D eigenvalue weighted by Crippen LogP contribution is 2.59. The Morgan fingerprint density at radius 1 is 0.779 bits per heavy atom. The normalized spacial score (nSPS) is 19.8. The van der Waals surface area contributed by atoms with Crippen molar-refractivity contribution in [1.29, 1.82) is 0 Å². The number of aromatic nitrogens is 1. The van der Waals surface area contributed by atoms with Crippen LogP contribution in [0.2, 0.25) is 0 Å². The van der Waals surface area contributed by atoms with Crippen molar-refractivity contribution in [2.24, 2.45) is 10.8 Å². The van der Waals surface area contributed by atoms with Gasteiger partial charge in [0, 0.05) is 42.9 Å². The molecule has 0 saturated carbocycles. The fourth-order valence-corrected chi connectivity index (χ4v) is 12.9. The first-order valence-corrected chi connectivity index (χ1v) is 31.3. The summed E-state index contributed by atoms with van der Waals surface area (Å²) in [5, 5.41) is 21.7. The average molecular weight is 1250 g/mol. The molecule has 3 aromatic carbocycles. The number of benzene rings is 3. The van der Waals surface area contributed by atoms with Crippen LogP contribution in [-0.4, -0.2) is 169 Å². The minimum atomic E-state index is -5.90. The maximum Gasteiger partial charge on any atom is 0.399 e. The summed E-state index contributed by atoms with van der Waals surface area (Å²) in [5.74, 6) is -5.50. The molecule has 3 aliphatic heterocycles. The van der Waals surface area contributed by atoms with Gasteiger partial charge in [-0.2, -0.15) is 8.78 Å². The van der Waals surface area contributed by atoms with Gasteiger partial charge >= 0.3 is 13.3 Å². The van der Waals surface area contributed by atoms with Crippen molar-refractivity contribution in [1.82, 2.24) is 45.9 Å². The number of piperazine rings is 1. The molecule has 27 heteroatoms. The molecule has 8 rings (SSSR count). The van der Waals surface area contributed by atoms with Crippen molar-refractivity contribution in [3.63, 3.8) is 0 Å². The molecule has 0 aliphatic carbocycles. The summed E-state index contributed by atoms with van der Waals surface area (Å²) in [6.07, 6.45) is -2.37. The third-order valence-electron chi connectivity index (χ3n) is 15.5. The minimum Gasteiger partial charge on any atom is -0.391 e. The second-order valence-corrected chi connectivity index (χ2v) is 27.6. The SMILES string of the molecule is Cc1ncsc1-c1ccc(C(C)NC(=O)[C@@H]2C[C@@H](O)CN2C(=O)C(NC(=O)CNC(=O)CC(=O)N2CCN(C(=O)C(NC(=O)c3cc4cc(C(F)(F)P(=O)(O)O)ccc4s3)C(C)(C)C)[C@H](C(=O)N3CCO[C@H](c4ccccc4)C3)C2)C(C)(C)C)cc1. The number of hydrogen-bond acceptors (Lipinski definition) is 14. The molecule has 2 aromatic heterocycles. The van der Waals surface area contributed by atoms with Crippen LogP contribution in [0.3, 0.4) is 0 Å². The number of amides is 8. The zero-order chi connectivity index (χ0) is 62.8. The molecule has 3 fully saturated rings. The zero-order valence-electron chi connectivity index (χ0n) is 48.9. The fourth-order valence-electron chi connectivity index (χ4n) is 10.7. The molecule has 462 valence electrons. The van der Waals surface area contributed by atoms with E-state index in [2.05, 4.69) is 26.3 Å². The summed E-state index contributed by atoms with van der Waals surface area (Å²) in [6.45, 7) is 12.7. The van der Waals surface area contributed by atoms with Crippen molar-refractivity contribution >= 4 is 87.6 Å². The van der Waals surface area contributed by atoms with Crippen LogP contribution in [-0.2, 0) is 48.5 Å². The lowest BCUT2D eigenvalue weighted by atomic mass is 9.85. The number of β-amino-alcohol motifs (C(OH)–C–C–N with tert-alkyl or cyclic N) is 1. The highest BCUT2D eigenvalue weighted by Gasteiger charge is 2.51. The molecule has 0 spiro atoms. The van der Waals surface area contributed by atoms with Crippen molar-refractivity contribution in [2.45, 2.75) is 116 Å². The average Bonchev–Trinajstić information content (AvgIpc) is 1.61. The lowest BCUT2D eigenvalue weighted by Crippen LogP contribution is -2.66. The molecule has 7 atom stereocenters. The lowest BCUT2D eigenvalue weighted by Gasteiger charge is -2.45. The molecule has 7 N–H and O–H groups in total. The molecule has 5 heterocycles. The van der Waals surface area contributed by atoms with E-state index in [1.165, 1.54) is 43.1 Å². The number of nitrogens with one attached hydrogen (secondary N) is 4. The summed E-state index contributed by atoms with van der Waals surface area (Å²) >= 11 is 2.42. The van der Waals surface area contributed by atoms with Gasteiger partial charge in [-0.25, -0.2) is 4.98 Å². The summed E-state index contributed by atoms with van der Waals surface area (Å²) in [4.78, 5) is 142. The fraction of sp³-hybridized carbons (Fsp3) is 0.475. The Bertz CT molecular complexity index is 3420. The first kappa shape index (κ1) is 64.9. The maximum atomic E-state index is 15.0. The minimum absolute atomic E-state index is 0.00925. The Morgan fingerprint density at radius 2 is 1.44 bits per heavy atom. The van der Waals surface area contributed by atoms with Gasteiger partial charge in [0.1, 0.15) is 36.7 Å². The van der Waals surface area contributed by atoms with E-state index in [0.717, 1.165) is 50.7 Å². The van der Waals surface area contributed by atoms with Gasteiger partial charge in [-0.3, -0.25) is 42.9 Å². The number of aryl methyl sites for hydroxylation is 1. The second kappa shape index (κ2) is 26.1. The molecule has 5 aromatic rings. The van der Waals surface area contributed by atoms with Gasteiger partial charge in [-0.1, -0.05) is 102 Å². The molecular weight excluding hydrogens is 1180 g/mol. The summed E-state index contributed by atoms with van der Waals surface area (Å²) in [6, 6.07) is 15.7. The number of ether oxygens (including phenoxy) is 1. The predicted octanol–water partition coefficient (Wildman–Crippen LogP) is 5.22. The molecule has 0 bridgehead atoms. The molecule has 8 amide bonds. The summed E-state index contributed by atoms with van der Waals surface area (Å²) < 4.78 is 47.3. The number of thiophene rings is 1. The Morgan fingerprint density at radius 3 is 2.08 bits per heavy atom. The molecule has 3 unspecified atom stereocenters. The topological polar surface area (TPSA) is 298 Å². The van der Waals surface area contributed by atoms with Crippen molar-refractivity contribution in [3.8, 4) is 10.4 Å². The number of carbonyl (C=O) groups excluding carboxylic acids is 8. The van der Waals surface area contributed by atoms with E-state index >= 15 is 0 Å². The third kappa shape index (κ3) is 14.8. The lowest BCUT2D eigenvalue weighted by molar-refractivity contribution is -0.158. The monoisotopic (exact) mass is 1250 g/mol. The molecule has 0 radical (unpaired) electrons. The van der Waals surface area contributed by atoms with E-state index in [1.54, 1.807) is 47.1 Å². The Hall–Kier alpha value is -7.06. The number of morpholine rings is 1. The van der Waals surface area contributed by atoms with E-state index < -0.39 is 132 Å². The predicted molar refractivity (Wildman–Crippen MR) is 316 cm³/mol. The van der Waals surface area contributed by atoms with E-state index in [-0.39, 0.29) is 62.6 Å². The molecule has 3 aliphatic rings. The van der Waals surface area contributed by atoms with Gasteiger partial charge in [0.2, 0.25) is 41.4 Å². The van der Waals surface area contributed by atoms with Crippen LogP contribution in [0.15, 0.2) is 84.4 Å². The number of aliphatic hydroxyl groups is 1. The summed E-state index contributed by atoms with van der Waals surface area (Å²) in [7, 11) is -5.90. The third-order valence-corrected chi connectivity index (χ3v) is 18.6. The number of aliphatic hydroxyl groups excluding tert-OH is 1. The number of rotatable bonds is 17. The number of halogens is 2. The number of likely N-dealkylation sites (tertiary alicyclic amines) is 1. The van der Waals surface area contributed by atoms with Crippen LogP contribution in [0.1, 0.15) is 106 Å². The maximum absolute atomic E-state index is 15.0. The number of hydrogen-bond donors (Lipinski definition) is 7. The number of thiazole rings is 1. The van der Waals surface area contributed by atoms with Crippen LogP contribution in [0.5, 0.6) is 0 Å². The largest absolute Gasteiger partial charge is 0.399 e. The molecule has 22 nitrogen and oxygen atoms in total.